The van der Waals surface area contributed by atoms with Gasteiger partial charge in [0.25, 0.3) is 0 Å². The third kappa shape index (κ3) is 3.67. The molecule has 2 aromatic carbocycles. The summed E-state index contributed by atoms with van der Waals surface area (Å²) in [6.45, 7) is 2.73. The number of ether oxygens (including phenoxy) is 1. The second-order valence-corrected chi connectivity index (χ2v) is 5.37. The first-order valence-electron chi connectivity index (χ1n) is 6.58. The minimum Gasteiger partial charge on any atom is -0.494 e. The largest absolute Gasteiger partial charge is 0.494 e. The predicted octanol–water partition coefficient (Wildman–Crippen LogP) is 4.84. The summed E-state index contributed by atoms with van der Waals surface area (Å²) in [6.07, 6.45) is 0. The van der Waals surface area contributed by atoms with Gasteiger partial charge in [-0.25, -0.2) is 4.39 Å². The number of rotatable bonds is 5. The van der Waals surface area contributed by atoms with E-state index in [9.17, 15) is 4.39 Å². The summed E-state index contributed by atoms with van der Waals surface area (Å²) in [6, 6.07) is 10.2. The zero-order valence-electron chi connectivity index (χ0n) is 11.8. The maximum atomic E-state index is 13.9. The van der Waals surface area contributed by atoms with Crippen LogP contribution in [0.5, 0.6) is 5.75 Å². The first-order chi connectivity index (χ1) is 10.1. The number of hydrogen-bond acceptors (Lipinski definition) is 2. The van der Waals surface area contributed by atoms with E-state index in [0.29, 0.717) is 10.0 Å². The molecular weight excluding hydrogens is 312 g/mol. The fraction of sp³-hybridized carbons (Fsp3) is 0.250. The highest BCUT2D eigenvalue weighted by atomic mass is 35.5. The number of halogens is 3. The van der Waals surface area contributed by atoms with Crippen LogP contribution in [0.15, 0.2) is 36.4 Å². The summed E-state index contributed by atoms with van der Waals surface area (Å²) in [7, 11) is 1.44. The SMILES string of the molecule is CCNC(c1ccc(OC)c(F)c1)c1ccc(Cl)c(Cl)c1. The normalized spacial score (nSPS) is 12.2. The quantitative estimate of drug-likeness (QED) is 0.848. The highest BCUT2D eigenvalue weighted by molar-refractivity contribution is 6.42. The van der Waals surface area contributed by atoms with Gasteiger partial charge in [0.1, 0.15) is 0 Å². The van der Waals surface area contributed by atoms with Crippen molar-refractivity contribution in [2.75, 3.05) is 13.7 Å². The minimum atomic E-state index is -0.391. The molecule has 5 heteroatoms. The molecule has 21 heavy (non-hydrogen) atoms. The van der Waals surface area contributed by atoms with E-state index in [1.165, 1.54) is 13.2 Å². The van der Waals surface area contributed by atoms with E-state index in [1.807, 2.05) is 19.1 Å². The molecule has 1 N–H and O–H groups in total. The molecular formula is C16H16Cl2FNO. The van der Waals surface area contributed by atoms with Crippen LogP contribution in [0.25, 0.3) is 0 Å². The lowest BCUT2D eigenvalue weighted by atomic mass is 9.98. The van der Waals surface area contributed by atoms with Gasteiger partial charge >= 0.3 is 0 Å². The Labute approximate surface area is 133 Å². The average Bonchev–Trinajstić information content (AvgIpc) is 2.48. The Bertz CT molecular complexity index is 634. The van der Waals surface area contributed by atoms with Crippen LogP contribution in [0.1, 0.15) is 24.1 Å². The fourth-order valence-corrected chi connectivity index (χ4v) is 2.49. The van der Waals surface area contributed by atoms with Crippen LogP contribution in [-0.2, 0) is 0 Å². The molecule has 0 aliphatic heterocycles. The van der Waals surface area contributed by atoms with Gasteiger partial charge in [-0.3, -0.25) is 0 Å². The first-order valence-corrected chi connectivity index (χ1v) is 7.34. The Hall–Kier alpha value is -1.29. The van der Waals surface area contributed by atoms with Crippen molar-refractivity contribution in [2.24, 2.45) is 0 Å². The van der Waals surface area contributed by atoms with Crippen LogP contribution in [-0.4, -0.2) is 13.7 Å². The van der Waals surface area contributed by atoms with Crippen LogP contribution in [0.4, 0.5) is 4.39 Å². The van der Waals surface area contributed by atoms with Crippen molar-refractivity contribution in [1.29, 1.82) is 0 Å². The molecule has 2 rings (SSSR count). The molecule has 0 saturated heterocycles. The molecule has 0 radical (unpaired) electrons. The molecule has 1 unspecified atom stereocenters. The number of hydrogen-bond donors (Lipinski definition) is 1. The molecule has 2 aromatic rings. The van der Waals surface area contributed by atoms with Gasteiger partial charge in [-0.15, -0.1) is 0 Å². The van der Waals surface area contributed by atoms with Crippen molar-refractivity contribution in [3.63, 3.8) is 0 Å². The molecule has 2 nitrogen and oxygen atoms in total. The third-order valence-corrected chi connectivity index (χ3v) is 3.93. The summed E-state index contributed by atoms with van der Waals surface area (Å²) in [5.74, 6) is -0.166. The lowest BCUT2D eigenvalue weighted by Gasteiger charge is -2.20. The van der Waals surface area contributed by atoms with Crippen LogP contribution in [0.3, 0.4) is 0 Å². The molecule has 0 aliphatic rings. The zero-order chi connectivity index (χ0) is 15.4. The van der Waals surface area contributed by atoms with Crippen molar-refractivity contribution in [1.82, 2.24) is 5.32 Å². The van der Waals surface area contributed by atoms with Crippen molar-refractivity contribution < 1.29 is 9.13 Å². The van der Waals surface area contributed by atoms with Gasteiger partial charge in [0.2, 0.25) is 0 Å². The number of methoxy groups -OCH3 is 1. The highest BCUT2D eigenvalue weighted by Gasteiger charge is 2.16. The van der Waals surface area contributed by atoms with Gasteiger partial charge in [0.05, 0.1) is 23.2 Å². The molecule has 0 heterocycles. The molecule has 0 spiro atoms. The third-order valence-electron chi connectivity index (χ3n) is 3.19. The van der Waals surface area contributed by atoms with E-state index in [1.54, 1.807) is 18.2 Å². The van der Waals surface area contributed by atoms with Crippen LogP contribution >= 0.6 is 23.2 Å². The molecule has 0 saturated carbocycles. The maximum Gasteiger partial charge on any atom is 0.165 e. The summed E-state index contributed by atoms with van der Waals surface area (Å²) < 4.78 is 18.9. The average molecular weight is 328 g/mol. The molecule has 112 valence electrons. The lowest BCUT2D eigenvalue weighted by molar-refractivity contribution is 0.385. The second-order valence-electron chi connectivity index (χ2n) is 4.56. The molecule has 0 fully saturated rings. The Morgan fingerprint density at radius 1 is 1.10 bits per heavy atom. The number of benzene rings is 2. The van der Waals surface area contributed by atoms with Gasteiger partial charge in [0.15, 0.2) is 11.6 Å². The fourth-order valence-electron chi connectivity index (χ4n) is 2.19. The van der Waals surface area contributed by atoms with Crippen molar-refractivity contribution in [3.8, 4) is 5.75 Å². The Morgan fingerprint density at radius 2 is 1.76 bits per heavy atom. The lowest BCUT2D eigenvalue weighted by Crippen LogP contribution is -2.22. The van der Waals surface area contributed by atoms with Crippen LogP contribution in [0, 0.1) is 5.82 Å². The maximum absolute atomic E-state index is 13.9. The first kappa shape index (κ1) is 16.1. The summed E-state index contributed by atoms with van der Waals surface area (Å²) in [4.78, 5) is 0. The topological polar surface area (TPSA) is 21.3 Å². The van der Waals surface area contributed by atoms with Crippen molar-refractivity contribution >= 4 is 23.2 Å². The van der Waals surface area contributed by atoms with Gasteiger partial charge < -0.3 is 10.1 Å². The van der Waals surface area contributed by atoms with Gasteiger partial charge in [-0.2, -0.15) is 0 Å². The van der Waals surface area contributed by atoms with E-state index in [-0.39, 0.29) is 11.8 Å². The van der Waals surface area contributed by atoms with E-state index in [0.717, 1.165) is 17.7 Å². The van der Waals surface area contributed by atoms with E-state index < -0.39 is 5.82 Å². The Kier molecular flexibility index (Phi) is 5.45. The van der Waals surface area contributed by atoms with E-state index in [4.69, 9.17) is 27.9 Å². The molecule has 1 atom stereocenters. The van der Waals surface area contributed by atoms with E-state index >= 15 is 0 Å². The second kappa shape index (κ2) is 7.12. The molecule has 0 aliphatic carbocycles. The van der Waals surface area contributed by atoms with Crippen molar-refractivity contribution in [2.45, 2.75) is 13.0 Å². The predicted molar refractivity (Wildman–Crippen MR) is 84.9 cm³/mol. The summed E-state index contributed by atoms with van der Waals surface area (Å²) in [5.41, 5.74) is 1.73. The van der Waals surface area contributed by atoms with E-state index in [2.05, 4.69) is 5.32 Å². The Morgan fingerprint density at radius 3 is 2.33 bits per heavy atom. The summed E-state index contributed by atoms with van der Waals surface area (Å²) in [5, 5.41) is 4.29. The Balaban J connectivity index is 2.42. The standard InChI is InChI=1S/C16H16Cl2FNO/c1-3-20-16(10-4-6-12(17)13(18)8-10)11-5-7-15(21-2)14(19)9-11/h4-9,16,20H,3H2,1-2H3. The number of nitrogens with one attached hydrogen (secondary N) is 1. The smallest absolute Gasteiger partial charge is 0.165 e. The minimum absolute atomic E-state index is 0.162. The summed E-state index contributed by atoms with van der Waals surface area (Å²) >= 11 is 12.0. The van der Waals surface area contributed by atoms with Crippen LogP contribution < -0.4 is 10.1 Å². The zero-order valence-corrected chi connectivity index (χ0v) is 13.3. The van der Waals surface area contributed by atoms with Crippen LogP contribution in [0.2, 0.25) is 10.0 Å². The van der Waals surface area contributed by atoms with Gasteiger partial charge in [0, 0.05) is 0 Å². The molecule has 0 aromatic heterocycles. The molecule has 0 bridgehead atoms. The monoisotopic (exact) mass is 327 g/mol. The highest BCUT2D eigenvalue weighted by Crippen LogP contribution is 2.30. The van der Waals surface area contributed by atoms with Gasteiger partial charge in [-0.1, -0.05) is 42.3 Å². The van der Waals surface area contributed by atoms with Gasteiger partial charge in [-0.05, 0) is 41.9 Å². The molecule has 0 amide bonds. The van der Waals surface area contributed by atoms with Crippen molar-refractivity contribution in [3.05, 3.63) is 63.4 Å².